The van der Waals surface area contributed by atoms with Crippen LogP contribution in [0, 0.1) is 52.8 Å². The third-order valence-electron chi connectivity index (χ3n) is 24.9. The lowest BCUT2D eigenvalue weighted by Gasteiger charge is -2.56. The van der Waals surface area contributed by atoms with Gasteiger partial charge in [0.1, 0.15) is 10.0 Å². The minimum atomic E-state index is 0.0983. The first kappa shape index (κ1) is 101. The summed E-state index contributed by atoms with van der Waals surface area (Å²) in [5.41, 5.74) is 4.49. The molecule has 2 atom stereocenters. The van der Waals surface area contributed by atoms with Gasteiger partial charge in [-0.3, -0.25) is 24.5 Å². The second-order valence-electron chi connectivity index (χ2n) is 39.3. The summed E-state index contributed by atoms with van der Waals surface area (Å²) in [5, 5.41) is 10.5. The first-order chi connectivity index (χ1) is 50.3. The van der Waals surface area contributed by atoms with Crippen molar-refractivity contribution in [1.82, 2.24) is 58.9 Å². The van der Waals surface area contributed by atoms with Gasteiger partial charge in [0, 0.05) is 156 Å². The maximum Gasteiger partial charge on any atom is 0.251 e. The Balaban J connectivity index is 0.000000413. The predicted molar refractivity (Wildman–Crippen MR) is 477 cm³/mol. The minimum Gasteiger partial charge on any atom is -0.313 e. The number of aromatic nitrogens is 4. The van der Waals surface area contributed by atoms with Crippen LogP contribution < -0.4 is 5.56 Å². The molecule has 0 aromatic carbocycles. The van der Waals surface area contributed by atoms with E-state index in [1.165, 1.54) is 161 Å². The summed E-state index contributed by atoms with van der Waals surface area (Å²) < 4.78 is 1.74. The van der Waals surface area contributed by atoms with E-state index in [9.17, 15) is 4.79 Å². The van der Waals surface area contributed by atoms with Crippen LogP contribution in [-0.2, 0) is 0 Å². The number of pyridine rings is 2. The molecule has 630 valence electrons. The van der Waals surface area contributed by atoms with Crippen molar-refractivity contribution in [3.8, 4) is 0 Å². The normalized spacial score (nSPS) is 20.4. The van der Waals surface area contributed by atoms with E-state index in [4.69, 9.17) is 0 Å². The molecule has 14 heteroatoms. The van der Waals surface area contributed by atoms with E-state index in [0.717, 1.165) is 111 Å². The second-order valence-corrected chi connectivity index (χ2v) is 40.4. The Bertz CT molecular complexity index is 2640. The van der Waals surface area contributed by atoms with Crippen molar-refractivity contribution in [3.63, 3.8) is 0 Å². The molecule has 7 aliphatic rings. The molecular formula is C94H182N12OS. The lowest BCUT2D eigenvalue weighted by Crippen LogP contribution is -2.62. The van der Waals surface area contributed by atoms with Crippen molar-refractivity contribution < 1.29 is 0 Å². The van der Waals surface area contributed by atoms with Crippen LogP contribution in [-0.4, -0.2) is 212 Å². The number of hydrogen-bond donors (Lipinski definition) is 0. The number of piperidine rings is 3. The van der Waals surface area contributed by atoms with Crippen molar-refractivity contribution in [3.05, 3.63) is 73.8 Å². The molecule has 0 bridgehead atoms. The molecule has 0 saturated carbocycles. The van der Waals surface area contributed by atoms with Gasteiger partial charge in [-0.05, 0) is 309 Å². The Morgan fingerprint density at radius 1 is 0.343 bits per heavy atom. The van der Waals surface area contributed by atoms with Crippen molar-refractivity contribution >= 4 is 11.3 Å². The summed E-state index contributed by atoms with van der Waals surface area (Å²) in [5.74, 6) is 9.96. The summed E-state index contributed by atoms with van der Waals surface area (Å²) in [6, 6.07) is 14.2. The lowest BCUT2D eigenvalue weighted by atomic mass is 9.71. The topological polar surface area (TPSA) is 86.6 Å². The number of piperazine rings is 1. The molecular weight excluding hydrogens is 1350 g/mol. The zero-order valence-electron chi connectivity index (χ0n) is 78.1. The molecule has 7 fully saturated rings. The maximum absolute atomic E-state index is 11.5. The Morgan fingerprint density at radius 2 is 0.694 bits per heavy atom. The molecule has 13 nitrogen and oxygen atoms in total. The summed E-state index contributed by atoms with van der Waals surface area (Å²) in [6.45, 7) is 102. The standard InChI is InChI=1S/C13H26N2.C11H17NO.C11H23N.C11H17N.C11H23N.C10H22N2.C10H21N.C9H19N.C8H14N2S/c1-11(2)14-7-5-13(6-8-14)9-15(10-13)12(3)4;1-8(2)10-5-6-12(9(3)4)11(13)7-10;1-9(2)11-5-7-12(8-6-11)10(3)4;1-8(2)10-5-6-12-11(7-10)9(3)4;1-9(2)11-6-5-7-12(8-11)10(3)4;1-9(2)11-5-7-12(8-6-11)10(3)4;1-8(2)10-5-6-11(7-10)9(3)4;1-7(2)9-5-10(6-9)8(3)4;1-5(2)7-9-10-8(11-7)6(3)4/h11-12H,5-10H2,1-4H3;5-9H,1-4H3;9-11H,5-8H2,1-4H3;5-9H,1-4H3;9-11H,5-8H2,1-4H3;9-10H,5-8H2,1-4H3;8-10H,5-7H2,1-4H3;7-9H,5-6H2,1-4H3;5-6H,1-4H3. The minimum absolute atomic E-state index is 0.0983. The van der Waals surface area contributed by atoms with Crippen LogP contribution in [0.5, 0.6) is 0 Å². The van der Waals surface area contributed by atoms with Crippen LogP contribution in [0.25, 0.3) is 0 Å². The molecule has 3 aromatic rings. The highest BCUT2D eigenvalue weighted by atomic mass is 32.1. The van der Waals surface area contributed by atoms with Gasteiger partial charge >= 0.3 is 0 Å². The molecule has 1 spiro atoms. The van der Waals surface area contributed by atoms with E-state index in [0.29, 0.717) is 35.0 Å². The maximum atomic E-state index is 11.5. The van der Waals surface area contributed by atoms with Gasteiger partial charge in [-0.25, -0.2) is 0 Å². The van der Waals surface area contributed by atoms with E-state index < -0.39 is 0 Å². The van der Waals surface area contributed by atoms with Crippen LogP contribution in [0.4, 0.5) is 0 Å². The third kappa shape index (κ3) is 37.3. The molecule has 0 radical (unpaired) electrons. The van der Waals surface area contributed by atoms with Crippen LogP contribution in [0.15, 0.2) is 41.5 Å². The van der Waals surface area contributed by atoms with Crippen LogP contribution in [0.1, 0.15) is 357 Å². The van der Waals surface area contributed by atoms with Crippen LogP contribution in [0.2, 0.25) is 0 Å². The van der Waals surface area contributed by atoms with Gasteiger partial charge in [-0.1, -0.05) is 125 Å². The van der Waals surface area contributed by atoms with E-state index >= 15 is 0 Å². The summed E-state index contributed by atoms with van der Waals surface area (Å²) in [6.07, 6.45) is 13.7. The molecule has 0 aliphatic carbocycles. The van der Waals surface area contributed by atoms with Gasteiger partial charge in [0.05, 0.1) is 0 Å². The number of nitrogens with zero attached hydrogens (tertiary/aromatic N) is 12. The van der Waals surface area contributed by atoms with Gasteiger partial charge in [0.2, 0.25) is 0 Å². The number of rotatable bonds is 18. The van der Waals surface area contributed by atoms with Crippen molar-refractivity contribution in [2.45, 2.75) is 378 Å². The molecule has 0 N–H and O–H groups in total. The fraction of sp³-hybridized carbons (Fsp3) is 0.872. The van der Waals surface area contributed by atoms with E-state index in [2.05, 4.69) is 302 Å². The number of likely N-dealkylation sites (tertiary alicyclic amines) is 6. The molecule has 7 saturated heterocycles. The predicted octanol–water partition coefficient (Wildman–Crippen LogP) is 22.2. The van der Waals surface area contributed by atoms with E-state index in [1.807, 2.05) is 32.3 Å². The monoisotopic (exact) mass is 1530 g/mol. The Hall–Kier alpha value is -2.66. The zero-order valence-corrected chi connectivity index (χ0v) is 78.9. The first-order valence-electron chi connectivity index (χ1n) is 44.7. The molecule has 108 heavy (non-hydrogen) atoms. The smallest absolute Gasteiger partial charge is 0.251 e. The highest BCUT2D eigenvalue weighted by Gasteiger charge is 2.45. The molecule has 0 amide bonds. The molecule has 7 aliphatic heterocycles. The Labute approximate surface area is 675 Å². The summed E-state index contributed by atoms with van der Waals surface area (Å²) >= 11 is 1.73. The molecule has 3 aromatic heterocycles. The molecule has 2 unspecified atom stereocenters. The Kier molecular flexibility index (Phi) is 48.2. The van der Waals surface area contributed by atoms with E-state index in [1.54, 1.807) is 22.0 Å². The third-order valence-corrected chi connectivity index (χ3v) is 26.4. The fourth-order valence-electron chi connectivity index (χ4n) is 15.3. The highest BCUT2D eigenvalue weighted by Crippen LogP contribution is 2.42. The van der Waals surface area contributed by atoms with Gasteiger partial charge < -0.3 is 29.1 Å². The van der Waals surface area contributed by atoms with Gasteiger partial charge in [-0.15, -0.1) is 21.5 Å². The first-order valence-corrected chi connectivity index (χ1v) is 45.6. The Morgan fingerprint density at radius 3 is 1.03 bits per heavy atom. The average molecular weight is 1530 g/mol. The SMILES string of the molecule is CC(C)C1CCCN(C(C)C)C1.CC(C)C1CCN(C(C)C)C1.CC(C)C1CCN(C(C)C)CC1.CC(C)C1CN(C(C)C)C1.CC(C)N1CCC2(CC1)CN(C(C)C)C2.CC(C)N1CCN(C(C)C)CC1.CC(C)c1ccn(C(C)C)c(=O)c1.CC(C)c1ccnc(C(C)C)c1.CC(C)c1nnc(C(C)C)s1. The quantitative estimate of drug-likeness (QED) is 0.122. The van der Waals surface area contributed by atoms with Gasteiger partial charge in [0.25, 0.3) is 5.56 Å². The van der Waals surface area contributed by atoms with Crippen LogP contribution in [0.3, 0.4) is 0 Å². The van der Waals surface area contributed by atoms with Gasteiger partial charge in [0.15, 0.2) is 0 Å². The van der Waals surface area contributed by atoms with Gasteiger partial charge in [-0.2, -0.15) is 0 Å². The molecule has 10 rings (SSSR count). The summed E-state index contributed by atoms with van der Waals surface area (Å²) in [4.78, 5) is 36.6. The average Bonchev–Trinajstić information content (AvgIpc) is 0.873. The lowest BCUT2D eigenvalue weighted by molar-refractivity contribution is -0.0662. The second kappa shape index (κ2) is 51.3. The van der Waals surface area contributed by atoms with Crippen molar-refractivity contribution in [2.24, 2.45) is 52.8 Å². The highest BCUT2D eigenvalue weighted by molar-refractivity contribution is 7.11. The van der Waals surface area contributed by atoms with E-state index in [-0.39, 0.29) is 11.6 Å². The van der Waals surface area contributed by atoms with Crippen molar-refractivity contribution in [2.75, 3.05) is 105 Å². The molecule has 10 heterocycles. The van der Waals surface area contributed by atoms with Crippen molar-refractivity contribution in [1.29, 1.82) is 0 Å². The summed E-state index contributed by atoms with van der Waals surface area (Å²) in [7, 11) is 0. The van der Waals surface area contributed by atoms with Crippen LogP contribution >= 0.6 is 11.3 Å². The number of hydrogen-bond acceptors (Lipinski definition) is 13. The fourth-order valence-corrected chi connectivity index (χ4v) is 16.2. The largest absolute Gasteiger partial charge is 0.313 e. The zero-order chi connectivity index (χ0) is 82.2.